The van der Waals surface area contributed by atoms with Gasteiger partial charge in [0.1, 0.15) is 5.75 Å². The summed E-state index contributed by atoms with van der Waals surface area (Å²) in [7, 11) is 1.57. The van der Waals surface area contributed by atoms with Gasteiger partial charge in [-0.1, -0.05) is 43.6 Å². The summed E-state index contributed by atoms with van der Waals surface area (Å²) in [5, 5.41) is 3.47. The number of para-hydroxylation sites is 1. The second-order valence-electron chi connectivity index (χ2n) is 6.96. The Labute approximate surface area is 165 Å². The van der Waals surface area contributed by atoms with E-state index in [0.717, 1.165) is 13.1 Å². The van der Waals surface area contributed by atoms with Gasteiger partial charge in [0, 0.05) is 36.9 Å². The average Bonchev–Trinajstić information content (AvgIpc) is 2.68. The molecule has 6 heteroatoms. The zero-order valence-electron chi connectivity index (χ0n) is 16.0. The molecule has 144 valence electrons. The van der Waals surface area contributed by atoms with Gasteiger partial charge in [0.2, 0.25) is 0 Å². The molecule has 1 N–H and O–H groups in total. The number of halogens is 1. The highest BCUT2D eigenvalue weighted by molar-refractivity contribution is 6.31. The van der Waals surface area contributed by atoms with Crippen LogP contribution >= 0.6 is 11.6 Å². The molecule has 2 amide bonds. The first-order valence-electron chi connectivity index (χ1n) is 9.23. The summed E-state index contributed by atoms with van der Waals surface area (Å²) >= 11 is 6.04. The highest BCUT2D eigenvalue weighted by atomic mass is 35.5. The molecule has 2 aromatic rings. The van der Waals surface area contributed by atoms with E-state index in [1.54, 1.807) is 25.3 Å². The number of benzene rings is 2. The van der Waals surface area contributed by atoms with Gasteiger partial charge in [-0.05, 0) is 35.7 Å². The van der Waals surface area contributed by atoms with Crippen LogP contribution in [-0.4, -0.2) is 44.2 Å². The standard InChI is InChI=1S/C21H26ClN3O2/c1-15(2)17-6-4-5-7-19(17)24-10-12-25(13-11-24)21(26)23-18-14-16(22)8-9-20(18)27-3/h4-9,14-15H,10-13H2,1-3H3,(H,23,26). The molecule has 0 bridgehead atoms. The highest BCUT2D eigenvalue weighted by Gasteiger charge is 2.23. The lowest BCUT2D eigenvalue weighted by Gasteiger charge is -2.37. The van der Waals surface area contributed by atoms with Crippen LogP contribution in [0.15, 0.2) is 42.5 Å². The molecule has 1 fully saturated rings. The normalized spacial score (nSPS) is 14.4. The fourth-order valence-corrected chi connectivity index (χ4v) is 3.56. The van der Waals surface area contributed by atoms with Crippen molar-refractivity contribution in [3.63, 3.8) is 0 Å². The van der Waals surface area contributed by atoms with Crippen LogP contribution in [0.4, 0.5) is 16.2 Å². The molecule has 1 aliphatic rings. The molecule has 1 saturated heterocycles. The van der Waals surface area contributed by atoms with Gasteiger partial charge in [0.25, 0.3) is 0 Å². The highest BCUT2D eigenvalue weighted by Crippen LogP contribution is 2.29. The molecule has 0 radical (unpaired) electrons. The van der Waals surface area contributed by atoms with E-state index in [9.17, 15) is 4.79 Å². The minimum atomic E-state index is -0.132. The number of hydrogen-bond donors (Lipinski definition) is 1. The van der Waals surface area contributed by atoms with E-state index in [2.05, 4.69) is 48.3 Å². The van der Waals surface area contributed by atoms with Crippen LogP contribution in [-0.2, 0) is 0 Å². The van der Waals surface area contributed by atoms with Crippen LogP contribution in [0, 0.1) is 0 Å². The molecule has 0 saturated carbocycles. The quantitative estimate of drug-likeness (QED) is 0.817. The molecule has 0 spiro atoms. The SMILES string of the molecule is COc1ccc(Cl)cc1NC(=O)N1CCN(c2ccccc2C(C)C)CC1. The van der Waals surface area contributed by atoms with E-state index in [1.807, 2.05) is 4.90 Å². The molecular formula is C21H26ClN3O2. The number of carbonyl (C=O) groups excluding carboxylic acids is 1. The monoisotopic (exact) mass is 387 g/mol. The molecule has 2 aromatic carbocycles. The van der Waals surface area contributed by atoms with Gasteiger partial charge in [-0.2, -0.15) is 0 Å². The van der Waals surface area contributed by atoms with Crippen LogP contribution in [0.3, 0.4) is 0 Å². The summed E-state index contributed by atoms with van der Waals surface area (Å²) < 4.78 is 5.30. The van der Waals surface area contributed by atoms with Crippen LogP contribution < -0.4 is 15.0 Å². The van der Waals surface area contributed by atoms with Gasteiger partial charge < -0.3 is 19.9 Å². The van der Waals surface area contributed by atoms with Crippen molar-refractivity contribution in [3.05, 3.63) is 53.1 Å². The predicted molar refractivity (Wildman–Crippen MR) is 111 cm³/mol. The van der Waals surface area contributed by atoms with E-state index in [1.165, 1.54) is 11.3 Å². The predicted octanol–water partition coefficient (Wildman–Crippen LogP) is 4.83. The van der Waals surface area contributed by atoms with Gasteiger partial charge in [-0.15, -0.1) is 0 Å². The van der Waals surface area contributed by atoms with Crippen LogP contribution in [0.1, 0.15) is 25.3 Å². The van der Waals surface area contributed by atoms with Crippen molar-refractivity contribution in [2.45, 2.75) is 19.8 Å². The van der Waals surface area contributed by atoms with Gasteiger partial charge in [0.05, 0.1) is 12.8 Å². The van der Waals surface area contributed by atoms with E-state index in [0.29, 0.717) is 35.5 Å². The summed E-state index contributed by atoms with van der Waals surface area (Å²) in [6.45, 7) is 7.37. The largest absolute Gasteiger partial charge is 0.495 e. The third-order valence-corrected chi connectivity index (χ3v) is 5.10. The van der Waals surface area contributed by atoms with Crippen molar-refractivity contribution < 1.29 is 9.53 Å². The molecule has 0 aromatic heterocycles. The van der Waals surface area contributed by atoms with Gasteiger partial charge in [0.15, 0.2) is 0 Å². The topological polar surface area (TPSA) is 44.8 Å². The lowest BCUT2D eigenvalue weighted by atomic mass is 10.00. The number of ether oxygens (including phenoxy) is 1. The third kappa shape index (κ3) is 4.48. The Morgan fingerprint density at radius 1 is 1.11 bits per heavy atom. The molecular weight excluding hydrogens is 362 g/mol. The first-order chi connectivity index (χ1) is 13.0. The van der Waals surface area contributed by atoms with E-state index in [-0.39, 0.29) is 6.03 Å². The van der Waals surface area contributed by atoms with Gasteiger partial charge in [-0.25, -0.2) is 4.79 Å². The molecule has 0 unspecified atom stereocenters. The van der Waals surface area contributed by atoms with E-state index < -0.39 is 0 Å². The number of amides is 2. The average molecular weight is 388 g/mol. The van der Waals surface area contributed by atoms with Crippen molar-refractivity contribution in [1.29, 1.82) is 0 Å². The maximum Gasteiger partial charge on any atom is 0.322 e. The Kier molecular flexibility index (Phi) is 6.11. The first kappa shape index (κ1) is 19.4. The lowest BCUT2D eigenvalue weighted by molar-refractivity contribution is 0.208. The number of hydrogen-bond acceptors (Lipinski definition) is 3. The zero-order valence-corrected chi connectivity index (χ0v) is 16.8. The number of nitrogens with one attached hydrogen (secondary N) is 1. The summed E-state index contributed by atoms with van der Waals surface area (Å²) in [6.07, 6.45) is 0. The molecule has 3 rings (SSSR count). The number of carbonyl (C=O) groups is 1. The van der Waals surface area contributed by atoms with E-state index in [4.69, 9.17) is 16.3 Å². The fourth-order valence-electron chi connectivity index (χ4n) is 3.39. The summed E-state index contributed by atoms with van der Waals surface area (Å²) in [6, 6.07) is 13.6. The second kappa shape index (κ2) is 8.53. The number of rotatable bonds is 4. The zero-order chi connectivity index (χ0) is 19.4. The van der Waals surface area contributed by atoms with Crippen molar-refractivity contribution in [1.82, 2.24) is 4.90 Å². The molecule has 0 atom stereocenters. The minimum Gasteiger partial charge on any atom is -0.495 e. The third-order valence-electron chi connectivity index (χ3n) is 4.87. The number of urea groups is 1. The summed E-state index contributed by atoms with van der Waals surface area (Å²) in [4.78, 5) is 16.9. The summed E-state index contributed by atoms with van der Waals surface area (Å²) in [5.41, 5.74) is 3.20. The van der Waals surface area contributed by atoms with Crippen molar-refractivity contribution in [3.8, 4) is 5.75 Å². The van der Waals surface area contributed by atoms with Crippen LogP contribution in [0.5, 0.6) is 5.75 Å². The van der Waals surface area contributed by atoms with Gasteiger partial charge >= 0.3 is 6.03 Å². The van der Waals surface area contributed by atoms with Crippen molar-refractivity contribution in [2.75, 3.05) is 43.5 Å². The Morgan fingerprint density at radius 3 is 2.48 bits per heavy atom. The van der Waals surface area contributed by atoms with E-state index >= 15 is 0 Å². The number of methoxy groups -OCH3 is 1. The van der Waals surface area contributed by atoms with Crippen LogP contribution in [0.2, 0.25) is 5.02 Å². The summed E-state index contributed by atoms with van der Waals surface area (Å²) in [5.74, 6) is 1.06. The number of piperazine rings is 1. The Bertz CT molecular complexity index is 802. The number of anilines is 2. The molecule has 1 aliphatic heterocycles. The molecule has 5 nitrogen and oxygen atoms in total. The van der Waals surface area contributed by atoms with Gasteiger partial charge in [-0.3, -0.25) is 0 Å². The molecule has 1 heterocycles. The maximum absolute atomic E-state index is 12.7. The second-order valence-corrected chi connectivity index (χ2v) is 7.40. The molecule has 0 aliphatic carbocycles. The van der Waals surface area contributed by atoms with Crippen molar-refractivity contribution >= 4 is 29.0 Å². The maximum atomic E-state index is 12.7. The Morgan fingerprint density at radius 2 is 1.81 bits per heavy atom. The molecule has 27 heavy (non-hydrogen) atoms. The minimum absolute atomic E-state index is 0.132. The number of nitrogens with zero attached hydrogens (tertiary/aromatic N) is 2. The fraction of sp³-hybridized carbons (Fsp3) is 0.381. The lowest BCUT2D eigenvalue weighted by Crippen LogP contribution is -2.50. The Hall–Kier alpha value is -2.40. The van der Waals surface area contributed by atoms with Crippen molar-refractivity contribution in [2.24, 2.45) is 0 Å². The van der Waals surface area contributed by atoms with Crippen LogP contribution in [0.25, 0.3) is 0 Å². The Balaban J connectivity index is 1.64. The first-order valence-corrected chi connectivity index (χ1v) is 9.60. The smallest absolute Gasteiger partial charge is 0.322 e.